The Morgan fingerprint density at radius 2 is 2.36 bits per heavy atom. The normalized spacial score (nSPS) is 9.09. The van der Waals surface area contributed by atoms with Crippen molar-refractivity contribution >= 4 is 0 Å². The number of nitrogens with one attached hydrogen (secondary N) is 1. The number of nitrogens with zero attached hydrogens (tertiary/aromatic N) is 2. The molecule has 0 radical (unpaired) electrons. The smallest absolute Gasteiger partial charge is 0.272 e. The zero-order chi connectivity index (χ0) is 8.43. The largest absolute Gasteiger partial charge is 0.492 e. The molecule has 0 saturated heterocycles. The fourth-order valence-electron chi connectivity index (χ4n) is 0.672. The molecule has 1 heterocycles. The van der Waals surface area contributed by atoms with Gasteiger partial charge in [0.05, 0.1) is 0 Å². The van der Waals surface area contributed by atoms with Gasteiger partial charge < -0.3 is 10.1 Å². The van der Waals surface area contributed by atoms with Crippen LogP contribution in [0.5, 0.6) is 5.88 Å². The molecule has 0 bridgehead atoms. The Balaban J connectivity index is 3.53. The van der Waals surface area contributed by atoms with E-state index in [1.54, 1.807) is 0 Å². The van der Waals surface area contributed by atoms with E-state index < -0.39 is 11.4 Å². The molecular formula is C6H5N3O2. The highest BCUT2D eigenvalue weighted by atomic mass is 16.3. The standard InChI is InChI=1S/C6H5N3O2/c1-3-8-5(10)4(2-7)6(11)9-3/h1H3,(H2,8,9,10,11). The van der Waals surface area contributed by atoms with Crippen molar-refractivity contribution < 1.29 is 5.11 Å². The number of aryl methyl sites for hydroxylation is 1. The first kappa shape index (κ1) is 7.28. The minimum Gasteiger partial charge on any atom is -0.492 e. The summed E-state index contributed by atoms with van der Waals surface area (Å²) in [4.78, 5) is 16.6. The molecule has 56 valence electrons. The molecule has 0 spiro atoms. The predicted molar refractivity (Wildman–Crippen MR) is 36.0 cm³/mol. The van der Waals surface area contributed by atoms with Gasteiger partial charge >= 0.3 is 0 Å². The number of aromatic hydroxyl groups is 1. The van der Waals surface area contributed by atoms with Crippen LogP contribution in [0, 0.1) is 18.3 Å². The Morgan fingerprint density at radius 3 is 2.82 bits per heavy atom. The van der Waals surface area contributed by atoms with Crippen LogP contribution in [-0.2, 0) is 0 Å². The van der Waals surface area contributed by atoms with E-state index in [0.29, 0.717) is 0 Å². The molecule has 5 nitrogen and oxygen atoms in total. The van der Waals surface area contributed by atoms with Crippen molar-refractivity contribution in [1.29, 1.82) is 5.26 Å². The summed E-state index contributed by atoms with van der Waals surface area (Å²) in [5.41, 5.74) is -0.965. The van der Waals surface area contributed by atoms with Crippen LogP contribution in [0.15, 0.2) is 4.79 Å². The molecule has 1 rings (SSSR count). The van der Waals surface area contributed by atoms with E-state index in [2.05, 4.69) is 9.97 Å². The first-order valence-corrected chi connectivity index (χ1v) is 2.85. The number of hydrogen-bond acceptors (Lipinski definition) is 4. The second-order valence-electron chi connectivity index (χ2n) is 1.96. The average molecular weight is 151 g/mol. The molecule has 2 N–H and O–H groups in total. The van der Waals surface area contributed by atoms with Crippen LogP contribution in [0.25, 0.3) is 0 Å². The quantitative estimate of drug-likeness (QED) is 0.530. The lowest BCUT2D eigenvalue weighted by molar-refractivity contribution is 0.447. The van der Waals surface area contributed by atoms with Crippen molar-refractivity contribution in [3.63, 3.8) is 0 Å². The van der Waals surface area contributed by atoms with Crippen molar-refractivity contribution in [2.24, 2.45) is 0 Å². The van der Waals surface area contributed by atoms with Crippen LogP contribution in [0.4, 0.5) is 0 Å². The van der Waals surface area contributed by atoms with E-state index >= 15 is 0 Å². The molecule has 5 heteroatoms. The van der Waals surface area contributed by atoms with Gasteiger partial charge in [-0.05, 0) is 6.92 Å². The number of H-pyrrole nitrogens is 1. The van der Waals surface area contributed by atoms with Gasteiger partial charge in [-0.2, -0.15) is 10.2 Å². The average Bonchev–Trinajstić information content (AvgIpc) is 1.85. The highest BCUT2D eigenvalue weighted by Crippen LogP contribution is 2.04. The fourth-order valence-corrected chi connectivity index (χ4v) is 0.672. The molecule has 0 atom stereocenters. The van der Waals surface area contributed by atoms with Gasteiger partial charge in [-0.15, -0.1) is 0 Å². The van der Waals surface area contributed by atoms with E-state index in [1.165, 1.54) is 13.0 Å². The second kappa shape index (κ2) is 2.42. The Bertz CT molecular complexity index is 374. The van der Waals surface area contributed by atoms with Crippen LogP contribution >= 0.6 is 0 Å². The third-order valence-electron chi connectivity index (χ3n) is 1.13. The molecular weight excluding hydrogens is 146 g/mol. The van der Waals surface area contributed by atoms with E-state index in [1.807, 2.05) is 0 Å². The van der Waals surface area contributed by atoms with E-state index in [4.69, 9.17) is 10.4 Å². The number of hydrogen-bond donors (Lipinski definition) is 2. The summed E-state index contributed by atoms with van der Waals surface area (Å²) >= 11 is 0. The molecule has 0 aliphatic carbocycles. The zero-order valence-corrected chi connectivity index (χ0v) is 5.75. The van der Waals surface area contributed by atoms with Gasteiger partial charge in [-0.25, -0.2) is 0 Å². The molecule has 0 aliphatic rings. The van der Waals surface area contributed by atoms with Crippen LogP contribution in [0.3, 0.4) is 0 Å². The highest BCUT2D eigenvalue weighted by Gasteiger charge is 2.06. The maximum absolute atomic E-state index is 10.8. The van der Waals surface area contributed by atoms with Gasteiger partial charge in [0.25, 0.3) is 5.56 Å². The first-order chi connectivity index (χ1) is 5.15. The summed E-state index contributed by atoms with van der Waals surface area (Å²) in [5.74, 6) is -0.236. The summed E-state index contributed by atoms with van der Waals surface area (Å²) in [6, 6.07) is 1.53. The Kier molecular flexibility index (Phi) is 1.60. The van der Waals surface area contributed by atoms with Gasteiger partial charge in [-0.3, -0.25) is 4.79 Å². The van der Waals surface area contributed by atoms with Gasteiger partial charge in [-0.1, -0.05) is 0 Å². The van der Waals surface area contributed by atoms with E-state index in [-0.39, 0.29) is 11.4 Å². The van der Waals surface area contributed by atoms with Crippen LogP contribution in [0.2, 0.25) is 0 Å². The monoisotopic (exact) mass is 151 g/mol. The molecule has 0 aromatic carbocycles. The predicted octanol–water partition coefficient (Wildman–Crippen LogP) is -0.344. The molecule has 0 unspecified atom stereocenters. The second-order valence-corrected chi connectivity index (χ2v) is 1.96. The summed E-state index contributed by atoms with van der Waals surface area (Å²) in [6.07, 6.45) is 0. The molecule has 0 aliphatic heterocycles. The van der Waals surface area contributed by atoms with Gasteiger partial charge in [0.2, 0.25) is 5.88 Å². The summed E-state index contributed by atoms with van der Waals surface area (Å²) in [7, 11) is 0. The lowest BCUT2D eigenvalue weighted by Crippen LogP contribution is -2.12. The van der Waals surface area contributed by atoms with Gasteiger partial charge in [0.1, 0.15) is 11.9 Å². The lowest BCUT2D eigenvalue weighted by Gasteiger charge is -1.94. The third-order valence-corrected chi connectivity index (χ3v) is 1.13. The first-order valence-electron chi connectivity index (χ1n) is 2.85. The summed E-state index contributed by atoms with van der Waals surface area (Å²) in [5, 5.41) is 17.2. The SMILES string of the molecule is Cc1nc(O)c(C#N)c(=O)[nH]1. The zero-order valence-electron chi connectivity index (χ0n) is 5.75. The molecule has 11 heavy (non-hydrogen) atoms. The lowest BCUT2D eigenvalue weighted by atomic mass is 10.3. The van der Waals surface area contributed by atoms with Crippen molar-refractivity contribution in [2.45, 2.75) is 6.92 Å². The summed E-state index contributed by atoms with van der Waals surface area (Å²) in [6.45, 7) is 1.52. The number of aromatic nitrogens is 2. The molecule has 0 fully saturated rings. The number of nitriles is 1. The fraction of sp³-hybridized carbons (Fsp3) is 0.167. The van der Waals surface area contributed by atoms with E-state index in [9.17, 15) is 4.79 Å². The Morgan fingerprint density at radius 1 is 1.73 bits per heavy atom. The highest BCUT2D eigenvalue weighted by molar-refractivity contribution is 5.34. The molecule has 1 aromatic rings. The Hall–Kier alpha value is -1.83. The minimum atomic E-state index is -0.613. The molecule has 0 saturated carbocycles. The van der Waals surface area contributed by atoms with Crippen molar-refractivity contribution in [2.75, 3.05) is 0 Å². The van der Waals surface area contributed by atoms with Crippen molar-refractivity contribution in [1.82, 2.24) is 9.97 Å². The maximum atomic E-state index is 10.8. The number of aromatic amines is 1. The summed E-state index contributed by atoms with van der Waals surface area (Å²) < 4.78 is 0. The maximum Gasteiger partial charge on any atom is 0.272 e. The number of rotatable bonds is 0. The minimum absolute atomic E-state index is 0.284. The van der Waals surface area contributed by atoms with Gasteiger partial charge in [0, 0.05) is 0 Å². The van der Waals surface area contributed by atoms with Crippen LogP contribution < -0.4 is 5.56 Å². The van der Waals surface area contributed by atoms with Crippen LogP contribution in [0.1, 0.15) is 11.4 Å². The third kappa shape index (κ3) is 1.19. The molecule has 1 aromatic heterocycles. The van der Waals surface area contributed by atoms with Crippen molar-refractivity contribution in [3.8, 4) is 11.9 Å². The van der Waals surface area contributed by atoms with Crippen LogP contribution in [-0.4, -0.2) is 15.1 Å². The molecule has 0 amide bonds. The Labute approximate surface area is 61.9 Å². The van der Waals surface area contributed by atoms with Gasteiger partial charge in [0.15, 0.2) is 5.56 Å². The van der Waals surface area contributed by atoms with Crippen molar-refractivity contribution in [3.05, 3.63) is 21.7 Å². The van der Waals surface area contributed by atoms with E-state index in [0.717, 1.165) is 0 Å². The topological polar surface area (TPSA) is 89.8 Å².